The molecule has 1 atom stereocenters. The van der Waals surface area contributed by atoms with Gasteiger partial charge in [-0.25, -0.2) is 0 Å². The third kappa shape index (κ3) is 2.47. The monoisotopic (exact) mass is 222 g/mol. The van der Waals surface area contributed by atoms with Gasteiger partial charge in [0.05, 0.1) is 0 Å². The van der Waals surface area contributed by atoms with E-state index in [0.29, 0.717) is 18.4 Å². The van der Waals surface area contributed by atoms with Gasteiger partial charge in [-0.2, -0.15) is 0 Å². The fraction of sp³-hybridized carbons (Fsp3) is 0.692. The number of furan rings is 1. The van der Waals surface area contributed by atoms with E-state index in [1.165, 1.54) is 25.9 Å². The van der Waals surface area contributed by atoms with Gasteiger partial charge in [0.15, 0.2) is 0 Å². The van der Waals surface area contributed by atoms with Crippen LogP contribution in [-0.4, -0.2) is 31.6 Å². The van der Waals surface area contributed by atoms with Gasteiger partial charge in [-0.1, -0.05) is 0 Å². The van der Waals surface area contributed by atoms with Crippen LogP contribution < -0.4 is 5.73 Å². The van der Waals surface area contributed by atoms with Crippen LogP contribution in [0.3, 0.4) is 0 Å². The van der Waals surface area contributed by atoms with Gasteiger partial charge in [-0.05, 0) is 58.0 Å². The van der Waals surface area contributed by atoms with Crippen LogP contribution >= 0.6 is 0 Å². The summed E-state index contributed by atoms with van der Waals surface area (Å²) in [7, 11) is 2.19. The molecule has 1 aliphatic heterocycles. The molecule has 0 aliphatic carbocycles. The molecular weight excluding hydrogens is 200 g/mol. The number of nitrogens with two attached hydrogens (primary N) is 1. The van der Waals surface area contributed by atoms with E-state index in [1.54, 1.807) is 0 Å². The summed E-state index contributed by atoms with van der Waals surface area (Å²) < 4.78 is 5.72. The van der Waals surface area contributed by atoms with Gasteiger partial charge in [0.25, 0.3) is 0 Å². The van der Waals surface area contributed by atoms with Crippen molar-refractivity contribution in [3.05, 3.63) is 23.7 Å². The molecule has 1 unspecified atom stereocenters. The second kappa shape index (κ2) is 5.02. The van der Waals surface area contributed by atoms with Crippen molar-refractivity contribution in [3.63, 3.8) is 0 Å². The number of likely N-dealkylation sites (tertiary alicyclic amines) is 1. The number of nitrogens with zero attached hydrogens (tertiary/aromatic N) is 1. The van der Waals surface area contributed by atoms with E-state index in [4.69, 9.17) is 10.2 Å². The topological polar surface area (TPSA) is 42.4 Å². The van der Waals surface area contributed by atoms with Crippen molar-refractivity contribution in [2.75, 3.05) is 26.7 Å². The number of rotatable bonds is 3. The molecule has 0 saturated carbocycles. The number of aryl methyl sites for hydroxylation is 1. The van der Waals surface area contributed by atoms with Gasteiger partial charge < -0.3 is 15.1 Å². The summed E-state index contributed by atoms with van der Waals surface area (Å²) >= 11 is 0. The van der Waals surface area contributed by atoms with Crippen LogP contribution in [0.4, 0.5) is 0 Å². The smallest absolute Gasteiger partial charge is 0.108 e. The molecule has 2 N–H and O–H groups in total. The fourth-order valence-corrected chi connectivity index (χ4v) is 2.62. The van der Waals surface area contributed by atoms with E-state index < -0.39 is 0 Å². The molecule has 1 aromatic rings. The maximum absolute atomic E-state index is 5.91. The van der Waals surface area contributed by atoms with Crippen LogP contribution in [0.15, 0.2) is 16.5 Å². The first-order valence-corrected chi connectivity index (χ1v) is 6.15. The Morgan fingerprint density at radius 3 is 2.62 bits per heavy atom. The Morgan fingerprint density at radius 2 is 2.12 bits per heavy atom. The van der Waals surface area contributed by atoms with E-state index in [2.05, 4.69) is 18.0 Å². The molecule has 0 spiro atoms. The average Bonchev–Trinajstić information content (AvgIpc) is 2.69. The quantitative estimate of drug-likeness (QED) is 0.850. The highest BCUT2D eigenvalue weighted by Gasteiger charge is 2.27. The second-order valence-electron chi connectivity index (χ2n) is 4.93. The van der Waals surface area contributed by atoms with Crippen molar-refractivity contribution >= 4 is 0 Å². The summed E-state index contributed by atoms with van der Waals surface area (Å²) in [5, 5.41) is 0. The third-order valence-corrected chi connectivity index (χ3v) is 3.71. The molecule has 16 heavy (non-hydrogen) atoms. The fourth-order valence-electron chi connectivity index (χ4n) is 2.62. The SMILES string of the molecule is Cc1ccc(C(CN)C2CCN(C)CC2)o1. The standard InChI is InChI=1S/C13H22N2O/c1-10-3-4-13(16-10)12(9-14)11-5-7-15(2)8-6-11/h3-4,11-12H,5-9,14H2,1-2H3. The van der Waals surface area contributed by atoms with Crippen LogP contribution in [0.25, 0.3) is 0 Å². The molecule has 1 saturated heterocycles. The zero-order valence-corrected chi connectivity index (χ0v) is 10.3. The molecule has 2 rings (SSSR count). The maximum atomic E-state index is 5.91. The molecule has 0 radical (unpaired) electrons. The molecule has 0 amide bonds. The Balaban J connectivity index is 2.05. The summed E-state index contributed by atoms with van der Waals surface area (Å²) in [5.41, 5.74) is 5.91. The number of piperidine rings is 1. The van der Waals surface area contributed by atoms with Gasteiger partial charge in [-0.15, -0.1) is 0 Å². The molecule has 1 aromatic heterocycles. The molecule has 2 heterocycles. The minimum Gasteiger partial charge on any atom is -0.466 e. The van der Waals surface area contributed by atoms with Gasteiger partial charge >= 0.3 is 0 Å². The van der Waals surface area contributed by atoms with E-state index in [9.17, 15) is 0 Å². The van der Waals surface area contributed by atoms with Crippen LogP contribution in [0, 0.1) is 12.8 Å². The normalized spacial score (nSPS) is 21.2. The minimum absolute atomic E-state index is 0.405. The van der Waals surface area contributed by atoms with Crippen molar-refractivity contribution in [2.45, 2.75) is 25.7 Å². The van der Waals surface area contributed by atoms with Crippen molar-refractivity contribution in [3.8, 4) is 0 Å². The predicted molar refractivity (Wildman–Crippen MR) is 65.5 cm³/mol. The van der Waals surface area contributed by atoms with Crippen LogP contribution in [0.2, 0.25) is 0 Å². The second-order valence-corrected chi connectivity index (χ2v) is 4.93. The molecule has 1 aliphatic rings. The number of hydrogen-bond acceptors (Lipinski definition) is 3. The van der Waals surface area contributed by atoms with Crippen molar-refractivity contribution in [1.82, 2.24) is 4.90 Å². The van der Waals surface area contributed by atoms with E-state index >= 15 is 0 Å². The van der Waals surface area contributed by atoms with E-state index in [-0.39, 0.29) is 0 Å². The first-order valence-electron chi connectivity index (χ1n) is 6.15. The Labute approximate surface area is 97.6 Å². The van der Waals surface area contributed by atoms with E-state index in [1.807, 2.05) is 13.0 Å². The average molecular weight is 222 g/mol. The Kier molecular flexibility index (Phi) is 3.66. The highest BCUT2D eigenvalue weighted by molar-refractivity contribution is 5.12. The molecular formula is C13H22N2O. The zero-order chi connectivity index (χ0) is 11.5. The van der Waals surface area contributed by atoms with Gasteiger partial charge in [0.2, 0.25) is 0 Å². The summed E-state index contributed by atoms with van der Waals surface area (Å²) in [6.07, 6.45) is 2.47. The summed E-state index contributed by atoms with van der Waals surface area (Å²) in [5.74, 6) is 3.16. The first kappa shape index (κ1) is 11.7. The molecule has 0 bridgehead atoms. The van der Waals surface area contributed by atoms with Gasteiger partial charge in [0, 0.05) is 12.5 Å². The zero-order valence-electron chi connectivity index (χ0n) is 10.3. The Hall–Kier alpha value is -0.800. The lowest BCUT2D eigenvalue weighted by Crippen LogP contribution is -2.34. The summed E-state index contributed by atoms with van der Waals surface area (Å²) in [6.45, 7) is 5.05. The van der Waals surface area contributed by atoms with Gasteiger partial charge in [-0.3, -0.25) is 0 Å². The molecule has 3 heteroatoms. The molecule has 1 fully saturated rings. The lowest BCUT2D eigenvalue weighted by atomic mass is 9.83. The first-order chi connectivity index (χ1) is 7.70. The highest BCUT2D eigenvalue weighted by Crippen LogP contribution is 2.32. The van der Waals surface area contributed by atoms with Crippen molar-refractivity contribution < 1.29 is 4.42 Å². The molecule has 3 nitrogen and oxygen atoms in total. The third-order valence-electron chi connectivity index (χ3n) is 3.71. The lowest BCUT2D eigenvalue weighted by Gasteiger charge is -2.33. The van der Waals surface area contributed by atoms with Crippen LogP contribution in [-0.2, 0) is 0 Å². The Bertz CT molecular complexity index is 326. The summed E-state index contributed by atoms with van der Waals surface area (Å²) in [6, 6.07) is 4.12. The largest absolute Gasteiger partial charge is 0.466 e. The van der Waals surface area contributed by atoms with Crippen LogP contribution in [0.5, 0.6) is 0 Å². The van der Waals surface area contributed by atoms with Crippen molar-refractivity contribution in [1.29, 1.82) is 0 Å². The Morgan fingerprint density at radius 1 is 1.44 bits per heavy atom. The minimum atomic E-state index is 0.405. The summed E-state index contributed by atoms with van der Waals surface area (Å²) in [4.78, 5) is 2.39. The lowest BCUT2D eigenvalue weighted by molar-refractivity contribution is 0.190. The molecule has 0 aromatic carbocycles. The van der Waals surface area contributed by atoms with Gasteiger partial charge in [0.1, 0.15) is 11.5 Å². The molecule has 90 valence electrons. The van der Waals surface area contributed by atoms with E-state index in [0.717, 1.165) is 11.5 Å². The highest BCUT2D eigenvalue weighted by atomic mass is 16.3. The van der Waals surface area contributed by atoms with Crippen LogP contribution in [0.1, 0.15) is 30.3 Å². The maximum Gasteiger partial charge on any atom is 0.108 e. The predicted octanol–water partition coefficient (Wildman–Crippen LogP) is 1.97. The van der Waals surface area contributed by atoms with Crippen molar-refractivity contribution in [2.24, 2.45) is 11.7 Å². The number of hydrogen-bond donors (Lipinski definition) is 1.